The Morgan fingerprint density at radius 3 is 2.62 bits per heavy atom. The predicted molar refractivity (Wildman–Crippen MR) is 112 cm³/mol. The van der Waals surface area contributed by atoms with Gasteiger partial charge in [-0.05, 0) is 19.5 Å². The topological polar surface area (TPSA) is 138 Å². The minimum Gasteiger partial charge on any atom is -0.385 e. The van der Waals surface area contributed by atoms with Crippen LogP contribution in [-0.2, 0) is 14.8 Å². The van der Waals surface area contributed by atoms with E-state index in [1.165, 1.54) is 18.2 Å². The van der Waals surface area contributed by atoms with Crippen LogP contribution in [0.5, 0.6) is 0 Å². The Balaban J connectivity index is 2.36. The number of nitrogens with zero attached hydrogens (tertiary/aromatic N) is 3. The summed E-state index contributed by atoms with van der Waals surface area (Å²) in [5.74, 6) is 0.560. The van der Waals surface area contributed by atoms with Gasteiger partial charge in [-0.1, -0.05) is 6.07 Å². The van der Waals surface area contributed by atoms with Crippen molar-refractivity contribution in [3.63, 3.8) is 0 Å². The Morgan fingerprint density at radius 2 is 1.97 bits per heavy atom. The fourth-order valence-electron chi connectivity index (χ4n) is 2.39. The third-order valence-electron chi connectivity index (χ3n) is 3.95. The molecule has 12 heteroatoms. The van der Waals surface area contributed by atoms with E-state index in [-0.39, 0.29) is 17.1 Å². The van der Waals surface area contributed by atoms with E-state index in [1.54, 1.807) is 14.2 Å². The van der Waals surface area contributed by atoms with Crippen molar-refractivity contribution in [2.24, 2.45) is 4.99 Å². The van der Waals surface area contributed by atoms with E-state index in [9.17, 15) is 18.5 Å². The molecule has 29 heavy (non-hydrogen) atoms. The van der Waals surface area contributed by atoms with Crippen molar-refractivity contribution in [1.29, 1.82) is 0 Å². The van der Waals surface area contributed by atoms with Crippen molar-refractivity contribution in [3.05, 3.63) is 34.4 Å². The van der Waals surface area contributed by atoms with Crippen molar-refractivity contribution in [2.45, 2.75) is 11.3 Å². The summed E-state index contributed by atoms with van der Waals surface area (Å²) >= 11 is 0. The van der Waals surface area contributed by atoms with Crippen LogP contribution in [0.3, 0.4) is 0 Å². The SMILES string of the molecule is CN=C(NCCNS(=O)(=O)c1cccc([N+](=O)[O-])c1)NCCN(C)CCCOC. The third kappa shape index (κ3) is 9.65. The van der Waals surface area contributed by atoms with Gasteiger partial charge in [0.15, 0.2) is 5.96 Å². The van der Waals surface area contributed by atoms with Gasteiger partial charge in [0.2, 0.25) is 10.0 Å². The number of aliphatic imine (C=N–C) groups is 1. The lowest BCUT2D eigenvalue weighted by Gasteiger charge is -2.18. The Morgan fingerprint density at radius 1 is 1.24 bits per heavy atom. The van der Waals surface area contributed by atoms with Crippen molar-refractivity contribution >= 4 is 21.7 Å². The molecule has 0 atom stereocenters. The average Bonchev–Trinajstić information content (AvgIpc) is 2.70. The first-order valence-corrected chi connectivity index (χ1v) is 10.6. The van der Waals surface area contributed by atoms with Gasteiger partial charge in [-0.15, -0.1) is 0 Å². The van der Waals surface area contributed by atoms with E-state index in [2.05, 4.69) is 25.2 Å². The number of hydrogen-bond donors (Lipinski definition) is 3. The largest absolute Gasteiger partial charge is 0.385 e. The Labute approximate surface area is 171 Å². The van der Waals surface area contributed by atoms with E-state index < -0.39 is 14.9 Å². The van der Waals surface area contributed by atoms with Crippen LogP contribution in [0.1, 0.15) is 6.42 Å². The molecule has 0 bridgehead atoms. The maximum atomic E-state index is 12.3. The summed E-state index contributed by atoms with van der Waals surface area (Å²) in [6.07, 6.45) is 0.963. The van der Waals surface area contributed by atoms with Gasteiger partial charge in [-0.25, -0.2) is 13.1 Å². The molecule has 0 aliphatic rings. The van der Waals surface area contributed by atoms with Crippen LogP contribution in [0.2, 0.25) is 0 Å². The number of hydrogen-bond acceptors (Lipinski definition) is 7. The molecule has 0 heterocycles. The summed E-state index contributed by atoms with van der Waals surface area (Å²) in [7, 11) is 1.50. The number of nitrogens with one attached hydrogen (secondary N) is 3. The molecule has 0 fully saturated rings. The van der Waals surface area contributed by atoms with Crippen LogP contribution in [0, 0.1) is 10.1 Å². The minimum absolute atomic E-state index is 0.0998. The summed E-state index contributed by atoms with van der Waals surface area (Å²) in [6, 6.07) is 4.92. The van der Waals surface area contributed by atoms with Crippen LogP contribution in [0.25, 0.3) is 0 Å². The molecule has 1 aromatic carbocycles. The molecule has 0 spiro atoms. The first-order valence-electron chi connectivity index (χ1n) is 9.16. The zero-order valence-electron chi connectivity index (χ0n) is 17.1. The monoisotopic (exact) mass is 430 g/mol. The Bertz CT molecular complexity index is 771. The van der Waals surface area contributed by atoms with Crippen LogP contribution in [-0.4, -0.2) is 84.7 Å². The van der Waals surface area contributed by atoms with Gasteiger partial charge >= 0.3 is 0 Å². The molecular formula is C17H30N6O5S. The number of guanidine groups is 1. The van der Waals surface area contributed by atoms with Gasteiger partial charge in [0.1, 0.15) is 0 Å². The molecule has 11 nitrogen and oxygen atoms in total. The van der Waals surface area contributed by atoms with Gasteiger partial charge in [0.25, 0.3) is 5.69 Å². The molecular weight excluding hydrogens is 400 g/mol. The van der Waals surface area contributed by atoms with E-state index >= 15 is 0 Å². The highest BCUT2D eigenvalue weighted by molar-refractivity contribution is 7.89. The van der Waals surface area contributed by atoms with Crippen LogP contribution >= 0.6 is 0 Å². The highest BCUT2D eigenvalue weighted by atomic mass is 32.2. The van der Waals surface area contributed by atoms with Crippen molar-refractivity contribution in [2.75, 3.05) is 60.5 Å². The van der Waals surface area contributed by atoms with Gasteiger partial charge < -0.3 is 20.3 Å². The number of non-ortho nitro benzene ring substituents is 1. The number of likely N-dealkylation sites (N-methyl/N-ethyl adjacent to an activating group) is 1. The second-order valence-electron chi connectivity index (χ2n) is 6.23. The van der Waals surface area contributed by atoms with Gasteiger partial charge in [0, 0.05) is 65.6 Å². The molecule has 0 amide bonds. The van der Waals surface area contributed by atoms with Crippen molar-refractivity contribution in [1.82, 2.24) is 20.3 Å². The van der Waals surface area contributed by atoms with Crippen LogP contribution in [0.15, 0.2) is 34.2 Å². The van der Waals surface area contributed by atoms with Crippen LogP contribution in [0.4, 0.5) is 5.69 Å². The molecule has 0 saturated heterocycles. The maximum Gasteiger partial charge on any atom is 0.270 e. The highest BCUT2D eigenvalue weighted by Gasteiger charge is 2.17. The summed E-state index contributed by atoms with van der Waals surface area (Å²) in [6.45, 7) is 3.57. The second-order valence-corrected chi connectivity index (χ2v) is 7.99. The predicted octanol–water partition coefficient (Wildman–Crippen LogP) is 0.00640. The second kappa shape index (κ2) is 13.0. The normalized spacial score (nSPS) is 12.2. The van der Waals surface area contributed by atoms with Crippen molar-refractivity contribution < 1.29 is 18.1 Å². The van der Waals surface area contributed by atoms with E-state index in [0.717, 1.165) is 32.2 Å². The van der Waals surface area contributed by atoms with Crippen molar-refractivity contribution in [3.8, 4) is 0 Å². The lowest BCUT2D eigenvalue weighted by atomic mass is 10.3. The summed E-state index contributed by atoms with van der Waals surface area (Å²) in [4.78, 5) is 16.3. The summed E-state index contributed by atoms with van der Waals surface area (Å²) in [5.41, 5.74) is -0.275. The lowest BCUT2D eigenvalue weighted by Crippen LogP contribution is -2.43. The first kappa shape index (κ1) is 24.8. The van der Waals surface area contributed by atoms with Crippen LogP contribution < -0.4 is 15.4 Å². The molecule has 0 radical (unpaired) electrons. The summed E-state index contributed by atoms with van der Waals surface area (Å²) in [5, 5.41) is 17.0. The fraction of sp³-hybridized carbons (Fsp3) is 0.588. The molecule has 3 N–H and O–H groups in total. The molecule has 0 aliphatic heterocycles. The summed E-state index contributed by atoms with van der Waals surface area (Å²) < 4.78 is 31.9. The minimum atomic E-state index is -3.83. The first-order chi connectivity index (χ1) is 13.8. The number of methoxy groups -OCH3 is 1. The number of nitro groups is 1. The fourth-order valence-corrected chi connectivity index (χ4v) is 3.46. The number of nitro benzene ring substituents is 1. The zero-order valence-corrected chi connectivity index (χ0v) is 17.9. The van der Waals surface area contributed by atoms with E-state index in [0.29, 0.717) is 19.0 Å². The smallest absolute Gasteiger partial charge is 0.270 e. The standard InChI is InChI=1S/C17H30N6O5S/c1-18-17(20-10-12-22(2)11-5-13-28-3)19-8-9-21-29(26,27)16-7-4-6-15(14-16)23(24)25/h4,6-7,14,21H,5,8-13H2,1-3H3,(H2,18,19,20). The molecule has 0 aliphatic carbocycles. The quantitative estimate of drug-likeness (QED) is 0.131. The maximum absolute atomic E-state index is 12.3. The molecule has 1 aromatic rings. The molecule has 0 unspecified atom stereocenters. The number of rotatable bonds is 13. The van der Waals surface area contributed by atoms with E-state index in [1.807, 2.05) is 7.05 Å². The van der Waals surface area contributed by atoms with Gasteiger partial charge in [-0.2, -0.15) is 0 Å². The Kier molecular flexibility index (Phi) is 11.1. The average molecular weight is 431 g/mol. The number of benzene rings is 1. The van der Waals surface area contributed by atoms with Gasteiger partial charge in [0.05, 0.1) is 9.82 Å². The zero-order chi connectivity index (χ0) is 21.7. The van der Waals surface area contributed by atoms with E-state index in [4.69, 9.17) is 4.74 Å². The molecule has 0 aromatic heterocycles. The molecule has 164 valence electrons. The molecule has 1 rings (SSSR count). The van der Waals surface area contributed by atoms with Gasteiger partial charge in [-0.3, -0.25) is 15.1 Å². The highest BCUT2D eigenvalue weighted by Crippen LogP contribution is 2.16. The number of sulfonamides is 1. The third-order valence-corrected chi connectivity index (χ3v) is 5.40. The Hall–Kier alpha value is -2.28. The molecule has 0 saturated carbocycles. The number of ether oxygens (including phenoxy) is 1. The lowest BCUT2D eigenvalue weighted by molar-refractivity contribution is -0.385.